The average Bonchev–Trinajstić information content (AvgIpc) is 2.68. The lowest BCUT2D eigenvalue weighted by Gasteiger charge is -2.21. The molecular weight excluding hydrogens is 357 g/mol. The summed E-state index contributed by atoms with van der Waals surface area (Å²) < 4.78 is 13.3. The molecule has 6 heteroatoms. The molecule has 0 saturated heterocycles. The number of halogens is 1. The van der Waals surface area contributed by atoms with Crippen LogP contribution in [0.5, 0.6) is 0 Å². The van der Waals surface area contributed by atoms with Crippen LogP contribution in [0.25, 0.3) is 0 Å². The van der Waals surface area contributed by atoms with Crippen LogP contribution in [0, 0.1) is 12.7 Å². The molecule has 0 aliphatic rings. The Labute approximate surface area is 162 Å². The Kier molecular flexibility index (Phi) is 5.79. The first kappa shape index (κ1) is 19.2. The molecule has 0 unspecified atom stereocenters. The van der Waals surface area contributed by atoms with E-state index in [9.17, 15) is 14.0 Å². The molecule has 0 atom stereocenters. The highest BCUT2D eigenvalue weighted by Crippen LogP contribution is 2.19. The summed E-state index contributed by atoms with van der Waals surface area (Å²) in [6.45, 7) is 4.29. The van der Waals surface area contributed by atoms with Crippen molar-refractivity contribution in [3.8, 4) is 0 Å². The van der Waals surface area contributed by atoms with Crippen LogP contribution in [-0.4, -0.2) is 23.3 Å². The zero-order valence-electron chi connectivity index (χ0n) is 15.6. The summed E-state index contributed by atoms with van der Waals surface area (Å²) in [5, 5.41) is 2.62. The maximum absolute atomic E-state index is 13.3. The maximum atomic E-state index is 13.3. The van der Waals surface area contributed by atoms with E-state index in [-0.39, 0.29) is 17.2 Å². The molecule has 142 valence electrons. The number of rotatable bonds is 5. The molecule has 0 radical (unpaired) electrons. The second kappa shape index (κ2) is 8.43. The lowest BCUT2D eigenvalue weighted by atomic mass is 10.1. The number of carbonyl (C=O) groups is 2. The Hall–Kier alpha value is -3.54. The van der Waals surface area contributed by atoms with E-state index in [1.165, 1.54) is 36.5 Å². The number of aryl methyl sites for hydroxylation is 1. The lowest BCUT2D eigenvalue weighted by molar-refractivity contribution is 0.0983. The van der Waals surface area contributed by atoms with Gasteiger partial charge in [0.2, 0.25) is 0 Å². The minimum Gasteiger partial charge on any atom is -0.322 e. The van der Waals surface area contributed by atoms with Gasteiger partial charge in [0.1, 0.15) is 11.5 Å². The summed E-state index contributed by atoms with van der Waals surface area (Å²) in [5.74, 6) is -1.19. The Morgan fingerprint density at radius 3 is 2.57 bits per heavy atom. The number of hydrogen-bond acceptors (Lipinski definition) is 3. The van der Waals surface area contributed by atoms with Crippen molar-refractivity contribution >= 4 is 23.2 Å². The Bertz CT molecular complexity index is 1020. The van der Waals surface area contributed by atoms with Gasteiger partial charge in [-0.05, 0) is 61.9 Å². The second-order valence-electron chi connectivity index (χ2n) is 6.28. The highest BCUT2D eigenvalue weighted by Gasteiger charge is 2.19. The van der Waals surface area contributed by atoms with Gasteiger partial charge in [-0.2, -0.15) is 0 Å². The lowest BCUT2D eigenvalue weighted by Crippen LogP contribution is -2.31. The van der Waals surface area contributed by atoms with E-state index in [1.807, 2.05) is 38.1 Å². The molecule has 0 bridgehead atoms. The molecule has 0 aliphatic heterocycles. The van der Waals surface area contributed by atoms with Crippen LogP contribution in [0.3, 0.4) is 0 Å². The third-order valence-corrected chi connectivity index (χ3v) is 4.20. The third kappa shape index (κ3) is 4.40. The molecule has 0 spiro atoms. The highest BCUT2D eigenvalue weighted by molar-refractivity contribution is 6.08. The molecule has 0 aliphatic carbocycles. The van der Waals surface area contributed by atoms with E-state index in [0.717, 1.165) is 11.3 Å². The van der Waals surface area contributed by atoms with E-state index in [0.29, 0.717) is 12.2 Å². The largest absolute Gasteiger partial charge is 0.322 e. The second-order valence-corrected chi connectivity index (χ2v) is 6.28. The van der Waals surface area contributed by atoms with Crippen molar-refractivity contribution in [2.75, 3.05) is 16.8 Å². The number of nitrogens with zero attached hydrogens (tertiary/aromatic N) is 2. The van der Waals surface area contributed by atoms with Crippen molar-refractivity contribution in [2.45, 2.75) is 13.8 Å². The van der Waals surface area contributed by atoms with Gasteiger partial charge in [0.05, 0.1) is 0 Å². The molecule has 28 heavy (non-hydrogen) atoms. The van der Waals surface area contributed by atoms with Gasteiger partial charge in [-0.15, -0.1) is 0 Å². The van der Waals surface area contributed by atoms with Gasteiger partial charge in [-0.25, -0.2) is 4.39 Å². The molecule has 1 aromatic heterocycles. The van der Waals surface area contributed by atoms with E-state index in [4.69, 9.17) is 0 Å². The van der Waals surface area contributed by atoms with E-state index in [2.05, 4.69) is 10.3 Å². The molecule has 1 heterocycles. The van der Waals surface area contributed by atoms with Crippen molar-refractivity contribution in [3.63, 3.8) is 0 Å². The first-order valence-electron chi connectivity index (χ1n) is 8.89. The zero-order chi connectivity index (χ0) is 20.1. The Morgan fingerprint density at radius 2 is 1.86 bits per heavy atom. The number of aromatic nitrogens is 1. The van der Waals surface area contributed by atoms with Crippen molar-refractivity contribution in [1.29, 1.82) is 0 Å². The number of benzene rings is 2. The summed E-state index contributed by atoms with van der Waals surface area (Å²) in [6.07, 6.45) is 1.41. The summed E-state index contributed by atoms with van der Waals surface area (Å²) in [6, 6.07) is 16.2. The van der Waals surface area contributed by atoms with Gasteiger partial charge in [-0.1, -0.05) is 18.2 Å². The topological polar surface area (TPSA) is 62.3 Å². The molecule has 3 rings (SSSR count). The molecule has 1 N–H and O–H groups in total. The summed E-state index contributed by atoms with van der Waals surface area (Å²) in [5.41, 5.74) is 2.58. The summed E-state index contributed by atoms with van der Waals surface area (Å²) in [4.78, 5) is 31.1. The van der Waals surface area contributed by atoms with Crippen LogP contribution in [0.2, 0.25) is 0 Å². The summed E-state index contributed by atoms with van der Waals surface area (Å²) in [7, 11) is 0. The van der Waals surface area contributed by atoms with Gasteiger partial charge in [0, 0.05) is 29.7 Å². The Balaban J connectivity index is 1.83. The van der Waals surface area contributed by atoms with Gasteiger partial charge >= 0.3 is 0 Å². The fourth-order valence-electron chi connectivity index (χ4n) is 2.84. The van der Waals surface area contributed by atoms with Gasteiger partial charge < -0.3 is 10.2 Å². The minimum atomic E-state index is -0.444. The number of anilines is 2. The SMILES string of the molecule is CCN(C(=O)c1cc(C(=O)Nc2cccc(F)c2)ccn1)c1cccc(C)c1. The molecule has 5 nitrogen and oxygen atoms in total. The molecule has 3 aromatic rings. The average molecular weight is 377 g/mol. The standard InChI is InChI=1S/C22H20FN3O2/c1-3-26(19-9-4-6-15(2)12-19)22(28)20-13-16(10-11-24-20)21(27)25-18-8-5-7-17(23)14-18/h4-14H,3H2,1-2H3,(H,25,27). The number of pyridine rings is 1. The van der Waals surface area contributed by atoms with Gasteiger partial charge in [-0.3, -0.25) is 14.6 Å². The number of amides is 2. The van der Waals surface area contributed by atoms with Crippen LogP contribution in [0.1, 0.15) is 33.3 Å². The maximum Gasteiger partial charge on any atom is 0.276 e. The summed E-state index contributed by atoms with van der Waals surface area (Å²) >= 11 is 0. The van der Waals surface area contributed by atoms with Crippen LogP contribution >= 0.6 is 0 Å². The molecule has 0 fully saturated rings. The highest BCUT2D eigenvalue weighted by atomic mass is 19.1. The van der Waals surface area contributed by atoms with Gasteiger partial charge in [0.15, 0.2) is 0 Å². The van der Waals surface area contributed by atoms with Crippen LogP contribution < -0.4 is 10.2 Å². The van der Waals surface area contributed by atoms with Crippen LogP contribution in [0.4, 0.5) is 15.8 Å². The number of hydrogen-bond donors (Lipinski definition) is 1. The molecule has 0 saturated carbocycles. The minimum absolute atomic E-state index is 0.162. The predicted molar refractivity (Wildman–Crippen MR) is 107 cm³/mol. The fourth-order valence-corrected chi connectivity index (χ4v) is 2.84. The third-order valence-electron chi connectivity index (χ3n) is 4.20. The van der Waals surface area contributed by atoms with Crippen molar-refractivity contribution in [1.82, 2.24) is 4.98 Å². The number of nitrogens with one attached hydrogen (secondary N) is 1. The van der Waals surface area contributed by atoms with Crippen molar-refractivity contribution in [3.05, 3.63) is 89.5 Å². The van der Waals surface area contributed by atoms with E-state index < -0.39 is 11.7 Å². The normalized spacial score (nSPS) is 10.4. The van der Waals surface area contributed by atoms with Gasteiger partial charge in [0.25, 0.3) is 11.8 Å². The smallest absolute Gasteiger partial charge is 0.276 e. The number of carbonyl (C=O) groups excluding carboxylic acids is 2. The first-order chi connectivity index (χ1) is 13.5. The van der Waals surface area contributed by atoms with Crippen molar-refractivity contribution in [2.24, 2.45) is 0 Å². The quantitative estimate of drug-likeness (QED) is 0.715. The van der Waals surface area contributed by atoms with E-state index >= 15 is 0 Å². The van der Waals surface area contributed by atoms with Crippen LogP contribution in [0.15, 0.2) is 66.9 Å². The van der Waals surface area contributed by atoms with Crippen LogP contribution in [-0.2, 0) is 0 Å². The monoisotopic (exact) mass is 377 g/mol. The van der Waals surface area contributed by atoms with Crippen molar-refractivity contribution < 1.29 is 14.0 Å². The fraction of sp³-hybridized carbons (Fsp3) is 0.136. The zero-order valence-corrected chi connectivity index (χ0v) is 15.6. The predicted octanol–water partition coefficient (Wildman–Crippen LogP) is 4.45. The molecular formula is C22H20FN3O2. The van der Waals surface area contributed by atoms with E-state index in [1.54, 1.807) is 11.0 Å². The molecule has 2 aromatic carbocycles. The Morgan fingerprint density at radius 1 is 1.07 bits per heavy atom. The molecule has 2 amide bonds. The first-order valence-corrected chi connectivity index (χ1v) is 8.89.